The summed E-state index contributed by atoms with van der Waals surface area (Å²) in [6, 6.07) is 5.83. The number of rotatable bonds is 6. The van der Waals surface area contributed by atoms with Crippen LogP contribution in [0, 0.1) is 5.82 Å². The fourth-order valence-corrected chi connectivity index (χ4v) is 3.62. The zero-order chi connectivity index (χ0) is 19.4. The summed E-state index contributed by atoms with van der Waals surface area (Å²) in [7, 11) is 0. The van der Waals surface area contributed by atoms with E-state index in [9.17, 15) is 14.0 Å². The highest BCUT2D eigenvalue weighted by Gasteiger charge is 2.27. The van der Waals surface area contributed by atoms with Crippen molar-refractivity contribution >= 4 is 11.7 Å². The smallest absolute Gasteiger partial charge is 0.223 e. The van der Waals surface area contributed by atoms with Gasteiger partial charge in [0.2, 0.25) is 5.91 Å². The van der Waals surface area contributed by atoms with Gasteiger partial charge in [-0.2, -0.15) is 0 Å². The average molecular weight is 371 g/mol. The SMILES string of the molecule is CC(C)n1ccnc1C1CCN(C(=O)CCC(=O)c2ccc(F)cc2)CC1. The van der Waals surface area contributed by atoms with Crippen LogP contribution in [0.4, 0.5) is 4.39 Å². The first-order valence-electron chi connectivity index (χ1n) is 9.55. The summed E-state index contributed by atoms with van der Waals surface area (Å²) in [6.45, 7) is 5.67. The number of piperidine rings is 1. The van der Waals surface area contributed by atoms with Crippen molar-refractivity contribution in [2.24, 2.45) is 0 Å². The molecule has 5 nitrogen and oxygen atoms in total. The third kappa shape index (κ3) is 4.62. The van der Waals surface area contributed by atoms with Gasteiger partial charge in [0.05, 0.1) is 0 Å². The Morgan fingerprint density at radius 3 is 2.44 bits per heavy atom. The third-order valence-electron chi connectivity index (χ3n) is 5.20. The molecule has 1 saturated heterocycles. The van der Waals surface area contributed by atoms with Gasteiger partial charge >= 0.3 is 0 Å². The molecule has 1 aromatic heterocycles. The van der Waals surface area contributed by atoms with Crippen LogP contribution < -0.4 is 0 Å². The van der Waals surface area contributed by atoms with Crippen molar-refractivity contribution in [3.05, 3.63) is 53.9 Å². The molecule has 0 unspecified atom stereocenters. The van der Waals surface area contributed by atoms with Crippen molar-refractivity contribution < 1.29 is 14.0 Å². The van der Waals surface area contributed by atoms with E-state index >= 15 is 0 Å². The fraction of sp³-hybridized carbons (Fsp3) is 0.476. The van der Waals surface area contributed by atoms with Crippen LogP contribution in [0.5, 0.6) is 0 Å². The van der Waals surface area contributed by atoms with E-state index in [2.05, 4.69) is 23.4 Å². The third-order valence-corrected chi connectivity index (χ3v) is 5.20. The number of halogens is 1. The van der Waals surface area contributed by atoms with Crippen molar-refractivity contribution in [2.45, 2.75) is 51.5 Å². The van der Waals surface area contributed by atoms with Crippen LogP contribution in [0.2, 0.25) is 0 Å². The summed E-state index contributed by atoms with van der Waals surface area (Å²) in [5.74, 6) is 0.979. The maximum Gasteiger partial charge on any atom is 0.223 e. The molecule has 6 heteroatoms. The quantitative estimate of drug-likeness (QED) is 0.722. The van der Waals surface area contributed by atoms with E-state index in [1.807, 2.05) is 17.3 Å². The van der Waals surface area contributed by atoms with Gasteiger partial charge in [0.1, 0.15) is 11.6 Å². The van der Waals surface area contributed by atoms with Gasteiger partial charge in [0.25, 0.3) is 0 Å². The molecular formula is C21H26FN3O2. The Kier molecular flexibility index (Phi) is 6.04. The molecule has 1 fully saturated rings. The number of aromatic nitrogens is 2. The van der Waals surface area contributed by atoms with E-state index in [-0.39, 0.29) is 30.3 Å². The monoisotopic (exact) mass is 371 g/mol. The summed E-state index contributed by atoms with van der Waals surface area (Å²) in [6.07, 6.45) is 5.99. The Labute approximate surface area is 159 Å². The second-order valence-corrected chi connectivity index (χ2v) is 7.37. The van der Waals surface area contributed by atoms with Crippen LogP contribution in [0.3, 0.4) is 0 Å². The number of Topliss-reactive ketones (excluding diaryl/α,β-unsaturated/α-hetero) is 1. The molecule has 1 aromatic carbocycles. The Morgan fingerprint density at radius 2 is 1.81 bits per heavy atom. The molecule has 144 valence electrons. The van der Waals surface area contributed by atoms with Crippen LogP contribution in [0.15, 0.2) is 36.7 Å². The molecular weight excluding hydrogens is 345 g/mol. The van der Waals surface area contributed by atoms with E-state index in [1.54, 1.807) is 0 Å². The number of benzene rings is 1. The molecule has 1 aliphatic heterocycles. The highest BCUT2D eigenvalue weighted by molar-refractivity contribution is 5.97. The summed E-state index contributed by atoms with van der Waals surface area (Å²) in [5, 5.41) is 0. The second kappa shape index (κ2) is 8.46. The van der Waals surface area contributed by atoms with Crippen molar-refractivity contribution in [1.82, 2.24) is 14.5 Å². The van der Waals surface area contributed by atoms with E-state index in [4.69, 9.17) is 0 Å². The number of nitrogens with zero attached hydrogens (tertiary/aromatic N) is 3. The second-order valence-electron chi connectivity index (χ2n) is 7.37. The first kappa shape index (κ1) is 19.3. The van der Waals surface area contributed by atoms with E-state index < -0.39 is 0 Å². The molecule has 0 bridgehead atoms. The van der Waals surface area contributed by atoms with Crippen molar-refractivity contribution in [2.75, 3.05) is 13.1 Å². The van der Waals surface area contributed by atoms with Gasteiger partial charge < -0.3 is 9.47 Å². The Balaban J connectivity index is 1.49. The normalized spacial score (nSPS) is 15.3. The van der Waals surface area contributed by atoms with Gasteiger partial charge in [-0.25, -0.2) is 9.37 Å². The van der Waals surface area contributed by atoms with Crippen LogP contribution in [0.25, 0.3) is 0 Å². The zero-order valence-electron chi connectivity index (χ0n) is 15.9. The predicted molar refractivity (Wildman–Crippen MR) is 101 cm³/mol. The van der Waals surface area contributed by atoms with Crippen LogP contribution in [0.1, 0.15) is 67.7 Å². The number of amides is 1. The lowest BCUT2D eigenvalue weighted by Crippen LogP contribution is -2.38. The molecule has 3 rings (SSSR count). The van der Waals surface area contributed by atoms with Gasteiger partial charge in [-0.15, -0.1) is 0 Å². The number of likely N-dealkylation sites (tertiary alicyclic amines) is 1. The van der Waals surface area contributed by atoms with Crippen molar-refractivity contribution in [3.63, 3.8) is 0 Å². The Bertz CT molecular complexity index is 790. The minimum Gasteiger partial charge on any atom is -0.343 e. The van der Waals surface area contributed by atoms with Crippen molar-refractivity contribution in [1.29, 1.82) is 0 Å². The lowest BCUT2D eigenvalue weighted by atomic mass is 9.95. The highest BCUT2D eigenvalue weighted by atomic mass is 19.1. The molecule has 2 aromatic rings. The summed E-state index contributed by atoms with van der Waals surface area (Å²) in [4.78, 5) is 31.0. The Hall–Kier alpha value is -2.50. The topological polar surface area (TPSA) is 55.2 Å². The van der Waals surface area contributed by atoms with Crippen LogP contribution in [-0.2, 0) is 4.79 Å². The van der Waals surface area contributed by atoms with E-state index in [0.717, 1.165) is 18.7 Å². The molecule has 0 radical (unpaired) electrons. The number of ketones is 1. The molecule has 0 saturated carbocycles. The van der Waals surface area contributed by atoms with E-state index in [0.29, 0.717) is 30.6 Å². The highest BCUT2D eigenvalue weighted by Crippen LogP contribution is 2.28. The lowest BCUT2D eigenvalue weighted by molar-refractivity contribution is -0.132. The summed E-state index contributed by atoms with van der Waals surface area (Å²) in [5.41, 5.74) is 0.448. The molecule has 0 N–H and O–H groups in total. The maximum absolute atomic E-state index is 12.9. The fourth-order valence-electron chi connectivity index (χ4n) is 3.62. The molecule has 0 aliphatic carbocycles. The molecule has 2 heterocycles. The lowest BCUT2D eigenvalue weighted by Gasteiger charge is -2.32. The van der Waals surface area contributed by atoms with Gasteiger partial charge in [0, 0.05) is 55.8 Å². The standard InChI is InChI=1S/C21H26FN3O2/c1-15(2)25-14-11-23-21(25)17-9-12-24(13-10-17)20(27)8-7-19(26)16-3-5-18(22)6-4-16/h3-6,11,14-15,17H,7-10,12-13H2,1-2H3. The minimum atomic E-state index is -0.372. The van der Waals surface area contributed by atoms with Crippen LogP contribution >= 0.6 is 0 Å². The number of imidazole rings is 1. The largest absolute Gasteiger partial charge is 0.343 e. The Morgan fingerprint density at radius 1 is 1.15 bits per heavy atom. The first-order chi connectivity index (χ1) is 13.0. The molecule has 0 spiro atoms. The molecule has 1 aliphatic rings. The van der Waals surface area contributed by atoms with Crippen molar-refractivity contribution in [3.8, 4) is 0 Å². The average Bonchev–Trinajstić information content (AvgIpc) is 3.17. The van der Waals surface area contributed by atoms with Gasteiger partial charge in [-0.05, 0) is 51.0 Å². The maximum atomic E-state index is 12.9. The number of carbonyl (C=O) groups is 2. The van der Waals surface area contributed by atoms with Gasteiger partial charge in [0.15, 0.2) is 5.78 Å². The molecule has 27 heavy (non-hydrogen) atoms. The minimum absolute atomic E-state index is 0.0103. The number of hydrogen-bond acceptors (Lipinski definition) is 3. The first-order valence-corrected chi connectivity index (χ1v) is 9.55. The number of carbonyl (C=O) groups excluding carboxylic acids is 2. The van der Waals surface area contributed by atoms with Crippen LogP contribution in [-0.4, -0.2) is 39.2 Å². The van der Waals surface area contributed by atoms with Gasteiger partial charge in [-0.1, -0.05) is 0 Å². The van der Waals surface area contributed by atoms with Gasteiger partial charge in [-0.3, -0.25) is 9.59 Å². The summed E-state index contributed by atoms with van der Waals surface area (Å²) < 4.78 is 15.1. The predicted octanol–water partition coefficient (Wildman–Crippen LogP) is 3.97. The zero-order valence-corrected chi connectivity index (χ0v) is 15.9. The number of hydrogen-bond donors (Lipinski definition) is 0. The molecule has 1 amide bonds. The molecule has 0 atom stereocenters. The summed E-state index contributed by atoms with van der Waals surface area (Å²) >= 11 is 0. The van der Waals surface area contributed by atoms with E-state index in [1.165, 1.54) is 24.3 Å².